The van der Waals surface area contributed by atoms with Crippen LogP contribution in [0, 0.1) is 26.9 Å². The van der Waals surface area contributed by atoms with Crippen LogP contribution in [0.2, 0.25) is 0 Å². The van der Waals surface area contributed by atoms with Gasteiger partial charge in [0.25, 0.3) is 5.69 Å². The van der Waals surface area contributed by atoms with E-state index in [4.69, 9.17) is 0 Å². The van der Waals surface area contributed by atoms with Crippen molar-refractivity contribution in [1.29, 1.82) is 0 Å². The number of β-lactam (4-membered cyclic amide) rings is 1. The molecule has 1 N–H and O–H groups in total. The highest BCUT2D eigenvalue weighted by molar-refractivity contribution is 6.29. The fourth-order valence-electron chi connectivity index (χ4n) is 8.13. The van der Waals surface area contributed by atoms with Gasteiger partial charge in [-0.1, -0.05) is 44.2 Å². The Hall–Kier alpha value is -3.81. The van der Waals surface area contributed by atoms with Crippen LogP contribution < -0.4 is 5.32 Å². The van der Waals surface area contributed by atoms with Crippen LogP contribution in [0.3, 0.4) is 0 Å². The standard InChI is InChI=1S/C27H23N3O5/c1-24(2)20(31)18(17-13-16(9-10-19(17)30(34)35)15-7-4-3-5-8-15)14-25-21(24)27(25)23(33)29-12-6-11-26(27,29)22(32)28-25/h3-5,7-10,13-14,21H,6,11-12H2,1-2H3,(H,28,32). The minimum Gasteiger partial charge on any atom is -0.343 e. The van der Waals surface area contributed by atoms with Gasteiger partial charge in [0.1, 0.15) is 11.0 Å². The predicted molar refractivity (Wildman–Crippen MR) is 126 cm³/mol. The van der Waals surface area contributed by atoms with Crippen molar-refractivity contribution in [3.63, 3.8) is 0 Å². The van der Waals surface area contributed by atoms with Crippen LogP contribution in [-0.2, 0) is 14.4 Å². The van der Waals surface area contributed by atoms with Gasteiger partial charge in [-0.3, -0.25) is 24.5 Å². The first kappa shape index (κ1) is 20.6. The molecule has 2 aromatic rings. The van der Waals surface area contributed by atoms with E-state index < -0.39 is 26.8 Å². The Labute approximate surface area is 201 Å². The summed E-state index contributed by atoms with van der Waals surface area (Å²) >= 11 is 0. The highest BCUT2D eigenvalue weighted by atomic mass is 16.6. The molecule has 176 valence electrons. The first-order valence-corrected chi connectivity index (χ1v) is 11.9. The number of Topliss-reactive ketones (excluding diaryl/α,β-unsaturated/α-hetero) is 1. The maximum absolute atomic E-state index is 14.0. The van der Waals surface area contributed by atoms with Crippen LogP contribution >= 0.6 is 0 Å². The van der Waals surface area contributed by atoms with Crippen molar-refractivity contribution in [1.82, 2.24) is 10.2 Å². The number of carbonyl (C=O) groups excluding carboxylic acids is 3. The van der Waals surface area contributed by atoms with E-state index >= 15 is 0 Å². The molecule has 4 unspecified atom stereocenters. The second kappa shape index (κ2) is 5.87. The average Bonchev–Trinajstić information content (AvgIpc) is 3.21. The molecule has 3 aliphatic heterocycles. The molecular weight excluding hydrogens is 446 g/mol. The third kappa shape index (κ3) is 1.91. The summed E-state index contributed by atoms with van der Waals surface area (Å²) in [5.74, 6) is -0.850. The molecule has 2 aliphatic carbocycles. The average molecular weight is 469 g/mol. The number of ketones is 1. The van der Waals surface area contributed by atoms with E-state index in [-0.39, 0.29) is 40.3 Å². The molecule has 2 aromatic carbocycles. The molecule has 7 rings (SSSR count). The first-order valence-electron chi connectivity index (χ1n) is 11.9. The third-order valence-corrected chi connectivity index (χ3v) is 9.28. The van der Waals surface area contributed by atoms with Crippen LogP contribution in [0.15, 0.2) is 54.6 Å². The highest BCUT2D eigenvalue weighted by Gasteiger charge is 3.03. The number of benzene rings is 2. The fraction of sp³-hybridized carbons (Fsp3) is 0.370. The zero-order chi connectivity index (χ0) is 24.5. The lowest BCUT2D eigenvalue weighted by Crippen LogP contribution is -2.73. The van der Waals surface area contributed by atoms with Gasteiger partial charge < -0.3 is 10.2 Å². The van der Waals surface area contributed by atoms with Crippen LogP contribution in [0.4, 0.5) is 5.69 Å². The molecular formula is C27H23N3O5. The smallest absolute Gasteiger partial charge is 0.277 e. The van der Waals surface area contributed by atoms with E-state index in [0.717, 1.165) is 17.5 Å². The fourth-order valence-corrected chi connectivity index (χ4v) is 8.13. The van der Waals surface area contributed by atoms with Crippen LogP contribution in [0.5, 0.6) is 0 Å². The Morgan fingerprint density at radius 3 is 2.51 bits per heavy atom. The first-order chi connectivity index (χ1) is 16.6. The van der Waals surface area contributed by atoms with Gasteiger partial charge in [-0.05, 0) is 42.2 Å². The van der Waals surface area contributed by atoms with Crippen LogP contribution in [0.25, 0.3) is 16.7 Å². The van der Waals surface area contributed by atoms with E-state index in [0.29, 0.717) is 13.0 Å². The Morgan fingerprint density at radius 2 is 1.80 bits per heavy atom. The summed E-state index contributed by atoms with van der Waals surface area (Å²) in [5.41, 5.74) is -2.01. The van der Waals surface area contributed by atoms with Crippen LogP contribution in [-0.4, -0.2) is 45.0 Å². The summed E-state index contributed by atoms with van der Waals surface area (Å²) in [6.45, 7) is 4.16. The van der Waals surface area contributed by atoms with Gasteiger partial charge in [0.05, 0.1) is 16.0 Å². The van der Waals surface area contributed by atoms with Gasteiger partial charge in [0.15, 0.2) is 5.78 Å². The minimum absolute atomic E-state index is 0.0794. The molecule has 3 saturated heterocycles. The van der Waals surface area contributed by atoms with Crippen molar-refractivity contribution in [2.75, 3.05) is 6.54 Å². The number of hydrogen-bond donors (Lipinski definition) is 1. The molecule has 4 atom stereocenters. The van der Waals surface area contributed by atoms with E-state index in [1.54, 1.807) is 37.0 Å². The number of amides is 2. The second-order valence-corrected chi connectivity index (χ2v) is 10.9. The molecule has 3 spiro atoms. The van der Waals surface area contributed by atoms with Crippen molar-refractivity contribution in [2.24, 2.45) is 16.7 Å². The lowest BCUT2D eigenvalue weighted by atomic mass is 9.64. The Bertz CT molecular complexity index is 1450. The van der Waals surface area contributed by atoms with Gasteiger partial charge in [-0.25, -0.2) is 0 Å². The molecule has 35 heavy (non-hydrogen) atoms. The lowest BCUT2D eigenvalue weighted by Gasteiger charge is -2.52. The van der Waals surface area contributed by atoms with Gasteiger partial charge in [0, 0.05) is 29.5 Å². The molecule has 0 bridgehead atoms. The molecule has 5 aliphatic rings. The molecule has 2 amide bonds. The summed E-state index contributed by atoms with van der Waals surface area (Å²) in [5, 5.41) is 15.1. The van der Waals surface area contributed by atoms with Crippen molar-refractivity contribution in [2.45, 2.75) is 37.8 Å². The molecule has 0 aromatic heterocycles. The van der Waals surface area contributed by atoms with Crippen LogP contribution in [0.1, 0.15) is 32.3 Å². The number of piperidine rings is 1. The van der Waals surface area contributed by atoms with Gasteiger partial charge in [-0.2, -0.15) is 0 Å². The largest absolute Gasteiger partial charge is 0.343 e. The van der Waals surface area contributed by atoms with Crippen molar-refractivity contribution in [3.05, 3.63) is 70.3 Å². The summed E-state index contributed by atoms with van der Waals surface area (Å²) in [4.78, 5) is 54.0. The summed E-state index contributed by atoms with van der Waals surface area (Å²) < 4.78 is 0. The molecule has 8 heteroatoms. The zero-order valence-electron chi connectivity index (χ0n) is 19.3. The number of nitrogens with zero attached hydrogens (tertiary/aromatic N) is 2. The van der Waals surface area contributed by atoms with Crippen molar-refractivity contribution < 1.29 is 19.3 Å². The summed E-state index contributed by atoms with van der Waals surface area (Å²) in [6, 6.07) is 14.2. The number of nitro groups is 1. The molecule has 0 radical (unpaired) electrons. The Morgan fingerprint density at radius 1 is 1.06 bits per heavy atom. The number of allylic oxidation sites excluding steroid dienone is 1. The quantitative estimate of drug-likeness (QED) is 0.422. The SMILES string of the molecule is CC1(C)C(=O)C(c2cc(-c3ccccc3)ccc2[N+](=O)[O-])=CC23NC(=O)C45CCCN4C(=O)C25C13. The second-order valence-electron chi connectivity index (χ2n) is 10.9. The number of rotatable bonds is 3. The third-order valence-electron chi connectivity index (χ3n) is 9.28. The van der Waals surface area contributed by atoms with E-state index in [2.05, 4.69) is 5.32 Å². The van der Waals surface area contributed by atoms with E-state index in [9.17, 15) is 24.5 Å². The molecule has 1 saturated carbocycles. The number of nitro benzene ring substituents is 1. The number of carbonyl (C=O) groups is 3. The Balaban J connectivity index is 1.46. The number of hydrogen-bond acceptors (Lipinski definition) is 5. The van der Waals surface area contributed by atoms with E-state index in [1.807, 2.05) is 30.3 Å². The van der Waals surface area contributed by atoms with Gasteiger partial charge >= 0.3 is 0 Å². The molecule has 8 nitrogen and oxygen atoms in total. The Kier molecular flexibility index (Phi) is 3.45. The predicted octanol–water partition coefficient (Wildman–Crippen LogP) is 3.11. The van der Waals surface area contributed by atoms with Crippen molar-refractivity contribution >= 4 is 28.9 Å². The van der Waals surface area contributed by atoms with Gasteiger partial charge in [0.2, 0.25) is 11.8 Å². The van der Waals surface area contributed by atoms with E-state index in [1.165, 1.54) is 6.07 Å². The maximum atomic E-state index is 14.0. The molecule has 4 fully saturated rings. The minimum atomic E-state index is -0.995. The maximum Gasteiger partial charge on any atom is 0.277 e. The summed E-state index contributed by atoms with van der Waals surface area (Å²) in [7, 11) is 0. The van der Waals surface area contributed by atoms with Gasteiger partial charge in [-0.15, -0.1) is 0 Å². The zero-order valence-corrected chi connectivity index (χ0v) is 19.3. The topological polar surface area (TPSA) is 110 Å². The highest BCUT2D eigenvalue weighted by Crippen LogP contribution is 2.85. The normalized spacial score (nSPS) is 35.3. The summed E-state index contributed by atoms with van der Waals surface area (Å²) in [6.07, 6.45) is 3.02. The number of nitrogens with one attached hydrogen (secondary N) is 1. The molecule has 3 heterocycles. The van der Waals surface area contributed by atoms with Crippen molar-refractivity contribution in [3.8, 4) is 11.1 Å². The monoisotopic (exact) mass is 469 g/mol. The lowest BCUT2D eigenvalue weighted by molar-refractivity contribution is -0.385.